The van der Waals surface area contributed by atoms with Gasteiger partial charge in [0.1, 0.15) is 6.07 Å². The first-order valence-electron chi connectivity index (χ1n) is 9.54. The molecule has 28 heavy (non-hydrogen) atoms. The van der Waals surface area contributed by atoms with Gasteiger partial charge in [-0.05, 0) is 48.9 Å². The van der Waals surface area contributed by atoms with E-state index in [9.17, 15) is 0 Å². The number of nitrogens with zero attached hydrogens (tertiary/aromatic N) is 5. The van der Waals surface area contributed by atoms with Crippen LogP contribution in [0.2, 0.25) is 0 Å². The number of imidazole rings is 1. The van der Waals surface area contributed by atoms with E-state index in [1.807, 2.05) is 24.3 Å². The van der Waals surface area contributed by atoms with E-state index < -0.39 is 0 Å². The van der Waals surface area contributed by atoms with Crippen LogP contribution in [0.15, 0.2) is 42.6 Å². The lowest BCUT2D eigenvalue weighted by atomic mass is 9.98. The first kappa shape index (κ1) is 18.7. The van der Waals surface area contributed by atoms with Gasteiger partial charge in [0.15, 0.2) is 0 Å². The number of hydrogen-bond acceptors (Lipinski definition) is 5. The van der Waals surface area contributed by atoms with E-state index in [2.05, 4.69) is 32.7 Å². The monoisotopic (exact) mass is 394 g/mol. The molecule has 5 rings (SSSR count). The van der Waals surface area contributed by atoms with Crippen molar-refractivity contribution in [3.05, 3.63) is 53.9 Å². The third-order valence-corrected chi connectivity index (χ3v) is 6.10. The second-order valence-corrected chi connectivity index (χ2v) is 7.71. The normalized spacial score (nSPS) is 23.4. The molecule has 2 fully saturated rings. The highest BCUT2D eigenvalue weighted by molar-refractivity contribution is 5.85. The van der Waals surface area contributed by atoms with Crippen LogP contribution in [0.1, 0.15) is 24.1 Å². The highest BCUT2D eigenvalue weighted by Crippen LogP contribution is 2.39. The molecule has 0 bridgehead atoms. The quantitative estimate of drug-likeness (QED) is 0.738. The molecule has 0 radical (unpaired) electrons. The topological polar surface area (TPSA) is 83.8 Å². The molecule has 144 valence electrons. The van der Waals surface area contributed by atoms with Crippen LogP contribution in [0.25, 0.3) is 11.0 Å². The Morgan fingerprint density at radius 3 is 2.75 bits per heavy atom. The zero-order chi connectivity index (χ0) is 18.4. The number of aromatic nitrogens is 3. The molecule has 3 aromatic rings. The number of hydrogen-bond donors (Lipinski definition) is 1. The molecule has 0 spiro atoms. The molecule has 6 nitrogen and oxygen atoms in total. The first-order chi connectivity index (χ1) is 13.2. The van der Waals surface area contributed by atoms with Crippen molar-refractivity contribution in [3.63, 3.8) is 0 Å². The Labute approximate surface area is 170 Å². The molecular formula is C21H23ClN6. The summed E-state index contributed by atoms with van der Waals surface area (Å²) in [6.07, 6.45) is 4.00. The van der Waals surface area contributed by atoms with E-state index in [1.54, 1.807) is 6.20 Å². The zero-order valence-corrected chi connectivity index (χ0v) is 16.3. The second-order valence-electron chi connectivity index (χ2n) is 7.71. The van der Waals surface area contributed by atoms with Crippen molar-refractivity contribution in [1.29, 1.82) is 5.26 Å². The highest BCUT2D eigenvalue weighted by atomic mass is 35.5. The van der Waals surface area contributed by atoms with Gasteiger partial charge in [-0.15, -0.1) is 12.4 Å². The van der Waals surface area contributed by atoms with Crippen LogP contribution < -0.4 is 10.6 Å². The summed E-state index contributed by atoms with van der Waals surface area (Å²) in [4.78, 5) is 11.8. The van der Waals surface area contributed by atoms with Crippen molar-refractivity contribution in [3.8, 4) is 6.07 Å². The maximum Gasteiger partial charge on any atom is 0.206 e. The molecule has 2 aromatic heterocycles. The van der Waals surface area contributed by atoms with E-state index in [0.717, 1.165) is 42.2 Å². The summed E-state index contributed by atoms with van der Waals surface area (Å²) in [5, 5.41) is 8.99. The summed E-state index contributed by atoms with van der Waals surface area (Å²) in [6.45, 7) is 2.65. The average molecular weight is 395 g/mol. The maximum atomic E-state index is 8.99. The number of benzene rings is 1. The van der Waals surface area contributed by atoms with Crippen molar-refractivity contribution in [1.82, 2.24) is 14.5 Å². The summed E-state index contributed by atoms with van der Waals surface area (Å²) in [5.41, 5.74) is 9.95. The molecule has 3 heterocycles. The van der Waals surface area contributed by atoms with Gasteiger partial charge in [-0.25, -0.2) is 4.98 Å². The number of nitrogens with two attached hydrogens (primary N) is 1. The summed E-state index contributed by atoms with van der Waals surface area (Å²) in [5.74, 6) is 2.26. The number of para-hydroxylation sites is 2. The Morgan fingerprint density at radius 1 is 1.14 bits per heavy atom. The van der Waals surface area contributed by atoms with Gasteiger partial charge >= 0.3 is 0 Å². The van der Waals surface area contributed by atoms with Gasteiger partial charge < -0.3 is 15.2 Å². The van der Waals surface area contributed by atoms with E-state index in [-0.39, 0.29) is 12.4 Å². The fourth-order valence-corrected chi connectivity index (χ4v) is 4.68. The number of rotatable bonds is 3. The summed E-state index contributed by atoms with van der Waals surface area (Å²) in [7, 11) is 0. The van der Waals surface area contributed by atoms with Gasteiger partial charge in [0.05, 0.1) is 28.8 Å². The maximum absolute atomic E-state index is 8.99. The minimum absolute atomic E-state index is 0. The minimum Gasteiger partial charge on any atom is -0.342 e. The van der Waals surface area contributed by atoms with Crippen LogP contribution in [-0.2, 0) is 6.54 Å². The second kappa shape index (κ2) is 7.42. The number of pyridine rings is 1. The Morgan fingerprint density at radius 2 is 2.00 bits per heavy atom. The number of anilines is 1. The Kier molecular flexibility index (Phi) is 4.96. The Hall–Kier alpha value is -2.62. The van der Waals surface area contributed by atoms with E-state index in [0.29, 0.717) is 30.0 Å². The van der Waals surface area contributed by atoms with Gasteiger partial charge in [-0.1, -0.05) is 12.1 Å². The lowest BCUT2D eigenvalue weighted by molar-refractivity contribution is 0.453. The summed E-state index contributed by atoms with van der Waals surface area (Å²) >= 11 is 0. The smallest absolute Gasteiger partial charge is 0.206 e. The molecule has 1 saturated heterocycles. The van der Waals surface area contributed by atoms with Crippen molar-refractivity contribution >= 4 is 29.4 Å². The molecule has 7 heteroatoms. The van der Waals surface area contributed by atoms with E-state index in [1.165, 1.54) is 6.42 Å². The molecule has 1 aliphatic heterocycles. The van der Waals surface area contributed by atoms with Crippen LogP contribution in [0, 0.1) is 23.2 Å². The van der Waals surface area contributed by atoms with E-state index >= 15 is 0 Å². The van der Waals surface area contributed by atoms with Crippen LogP contribution in [0.5, 0.6) is 0 Å². The molecule has 1 aromatic carbocycles. The van der Waals surface area contributed by atoms with Gasteiger partial charge in [0.2, 0.25) is 5.95 Å². The Balaban J connectivity index is 0.00000192. The fourth-order valence-electron chi connectivity index (χ4n) is 4.68. The number of fused-ring (bicyclic) bond motifs is 2. The van der Waals surface area contributed by atoms with Gasteiger partial charge in [-0.2, -0.15) is 5.26 Å². The largest absolute Gasteiger partial charge is 0.342 e. The first-order valence-corrected chi connectivity index (χ1v) is 9.54. The third kappa shape index (κ3) is 3.11. The standard InChI is InChI=1S/C21H22N6.ClH/c22-9-14-5-7-16(24-10-14)12-27-20-4-2-1-3-19(20)25-21(27)26-11-15-6-8-18(23)17(15)13-26;/h1-5,7,10,15,17-18H,6,8,11-13,23H2;1H/t15-,17+,18+;/m0./s1. The molecular weight excluding hydrogens is 372 g/mol. The van der Waals surface area contributed by atoms with Crippen LogP contribution >= 0.6 is 12.4 Å². The lowest BCUT2D eigenvalue weighted by Crippen LogP contribution is -2.31. The predicted molar refractivity (Wildman–Crippen MR) is 111 cm³/mol. The summed E-state index contributed by atoms with van der Waals surface area (Å²) in [6, 6.07) is 14.4. The lowest BCUT2D eigenvalue weighted by Gasteiger charge is -2.21. The summed E-state index contributed by atoms with van der Waals surface area (Å²) < 4.78 is 2.25. The average Bonchev–Trinajstić information content (AvgIpc) is 3.37. The van der Waals surface area contributed by atoms with Gasteiger partial charge in [0.25, 0.3) is 0 Å². The number of halogens is 1. The number of nitriles is 1. The van der Waals surface area contributed by atoms with Crippen LogP contribution in [0.4, 0.5) is 5.95 Å². The zero-order valence-electron chi connectivity index (χ0n) is 15.5. The molecule has 1 aliphatic carbocycles. The minimum atomic E-state index is 0. The molecule has 3 atom stereocenters. The molecule has 0 amide bonds. The predicted octanol–water partition coefficient (Wildman–Crippen LogP) is 2.95. The molecule has 2 N–H and O–H groups in total. The van der Waals surface area contributed by atoms with Crippen LogP contribution in [0.3, 0.4) is 0 Å². The Bertz CT molecular complexity index is 1020. The van der Waals surface area contributed by atoms with Crippen LogP contribution in [-0.4, -0.2) is 33.7 Å². The molecule has 0 unspecified atom stereocenters. The van der Waals surface area contributed by atoms with Crippen molar-refractivity contribution < 1.29 is 0 Å². The van der Waals surface area contributed by atoms with Crippen molar-refractivity contribution in [2.24, 2.45) is 17.6 Å². The van der Waals surface area contributed by atoms with Gasteiger partial charge in [0, 0.05) is 25.3 Å². The van der Waals surface area contributed by atoms with Crippen molar-refractivity contribution in [2.75, 3.05) is 18.0 Å². The SMILES string of the molecule is Cl.N#Cc1ccc(Cn2c(N3C[C@@H]4CC[C@@H](N)[C@@H]4C3)nc3ccccc32)nc1. The van der Waals surface area contributed by atoms with E-state index in [4.69, 9.17) is 16.0 Å². The fraction of sp³-hybridized carbons (Fsp3) is 0.381. The third-order valence-electron chi connectivity index (χ3n) is 6.10. The van der Waals surface area contributed by atoms with Gasteiger partial charge in [-0.3, -0.25) is 4.98 Å². The molecule has 2 aliphatic rings. The van der Waals surface area contributed by atoms with Crippen molar-refractivity contribution in [2.45, 2.75) is 25.4 Å². The highest BCUT2D eigenvalue weighted by Gasteiger charge is 2.42. The molecule has 1 saturated carbocycles.